The van der Waals surface area contributed by atoms with Crippen LogP contribution < -0.4 is 5.56 Å². The van der Waals surface area contributed by atoms with Crippen LogP contribution in [0.1, 0.15) is 40.0 Å². The van der Waals surface area contributed by atoms with Crippen LogP contribution in [0.3, 0.4) is 0 Å². The van der Waals surface area contributed by atoms with Gasteiger partial charge in [0, 0.05) is 0 Å². The molecule has 0 aliphatic heterocycles. The first-order valence-corrected chi connectivity index (χ1v) is 10.5. The number of fused-ring (bicyclic) bond motifs is 1. The Morgan fingerprint density at radius 1 is 1.23 bits per heavy atom. The van der Waals surface area contributed by atoms with Crippen LogP contribution in [0.4, 0.5) is 0 Å². The summed E-state index contributed by atoms with van der Waals surface area (Å²) in [5.74, 6) is 0.865. The molecule has 158 valence electrons. The molecule has 1 saturated carbocycles. The molecule has 0 saturated heterocycles. The lowest BCUT2D eigenvalue weighted by molar-refractivity contribution is -0.157. The van der Waals surface area contributed by atoms with Crippen LogP contribution in [-0.2, 0) is 16.1 Å². The first-order chi connectivity index (χ1) is 14.4. The molecular formula is C22H27N5O3. The second-order valence-corrected chi connectivity index (χ2v) is 8.54. The number of rotatable bonds is 5. The summed E-state index contributed by atoms with van der Waals surface area (Å²) < 4.78 is 8.41. The first-order valence-electron chi connectivity index (χ1n) is 10.5. The highest BCUT2D eigenvalue weighted by Crippen LogP contribution is 2.35. The number of carbonyl (C=O) groups is 1. The summed E-state index contributed by atoms with van der Waals surface area (Å²) in [7, 11) is 0. The van der Waals surface area contributed by atoms with Crippen molar-refractivity contribution < 1.29 is 9.53 Å². The van der Waals surface area contributed by atoms with Gasteiger partial charge in [0.05, 0.1) is 11.9 Å². The molecule has 3 atom stereocenters. The molecule has 1 aromatic carbocycles. The average Bonchev–Trinajstić information content (AvgIpc) is 3.15. The molecular weight excluding hydrogens is 382 g/mol. The maximum Gasteiger partial charge on any atom is 0.328 e. The highest BCUT2D eigenvalue weighted by atomic mass is 16.5. The molecule has 1 fully saturated rings. The van der Waals surface area contributed by atoms with E-state index in [0.717, 1.165) is 29.6 Å². The second-order valence-electron chi connectivity index (χ2n) is 8.54. The zero-order chi connectivity index (χ0) is 21.3. The number of esters is 1. The average molecular weight is 409 g/mol. The molecule has 0 amide bonds. The number of hydrogen-bond donors (Lipinski definition) is 0. The summed E-state index contributed by atoms with van der Waals surface area (Å²) in [6.07, 6.45) is 4.41. The highest BCUT2D eigenvalue weighted by Gasteiger charge is 2.33. The molecule has 0 N–H and O–H groups in total. The van der Waals surface area contributed by atoms with Crippen LogP contribution >= 0.6 is 0 Å². The quantitative estimate of drug-likeness (QED) is 0.602. The molecule has 0 spiro atoms. The Bertz CT molecular complexity index is 1090. The van der Waals surface area contributed by atoms with Crippen LogP contribution in [0.2, 0.25) is 0 Å². The van der Waals surface area contributed by atoms with Crippen molar-refractivity contribution in [1.82, 2.24) is 24.8 Å². The van der Waals surface area contributed by atoms with Crippen LogP contribution in [0, 0.1) is 17.8 Å². The molecule has 1 aliphatic carbocycles. The van der Waals surface area contributed by atoms with Gasteiger partial charge in [0.1, 0.15) is 18.0 Å². The zero-order valence-corrected chi connectivity index (χ0v) is 17.6. The summed E-state index contributed by atoms with van der Waals surface area (Å²) in [5.41, 5.74) is 0.734. The van der Waals surface area contributed by atoms with E-state index >= 15 is 0 Å². The van der Waals surface area contributed by atoms with Gasteiger partial charge in [-0.25, -0.2) is 4.68 Å². The van der Waals surface area contributed by atoms with Crippen molar-refractivity contribution in [3.05, 3.63) is 46.9 Å². The minimum atomic E-state index is -0.453. The fraction of sp³-hybridized carbons (Fsp3) is 0.500. The third kappa shape index (κ3) is 3.99. The summed E-state index contributed by atoms with van der Waals surface area (Å²) in [4.78, 5) is 25.4. The van der Waals surface area contributed by atoms with E-state index in [1.807, 2.05) is 30.3 Å². The van der Waals surface area contributed by atoms with Gasteiger partial charge in [-0.05, 0) is 42.7 Å². The number of hydrogen-bond acceptors (Lipinski definition) is 6. The maximum atomic E-state index is 12.8. The summed E-state index contributed by atoms with van der Waals surface area (Å²) in [6, 6.07) is 9.39. The van der Waals surface area contributed by atoms with Crippen molar-refractivity contribution in [1.29, 1.82) is 0 Å². The molecule has 0 bridgehead atoms. The van der Waals surface area contributed by atoms with Crippen LogP contribution in [0.5, 0.6) is 0 Å². The number of aromatic nitrogens is 5. The minimum Gasteiger partial charge on any atom is -0.461 e. The van der Waals surface area contributed by atoms with Gasteiger partial charge in [-0.2, -0.15) is 9.78 Å². The highest BCUT2D eigenvalue weighted by molar-refractivity contribution is 5.75. The standard InChI is InChI=1S/C22H27N5O3/c1-14(2)17-10-9-15(3)11-19(17)30-20(28)13-26-22(29)18-12-23-27(21(18)24-25-26)16-7-5-4-6-8-16/h4-8,12,14-15,17,19H,9-11,13H2,1-3H3/t15-,17+,19-/m1/s1. The number of carbonyl (C=O) groups excluding carboxylic acids is 1. The monoisotopic (exact) mass is 409 g/mol. The van der Waals surface area contributed by atoms with E-state index in [2.05, 4.69) is 36.2 Å². The summed E-state index contributed by atoms with van der Waals surface area (Å²) in [5, 5.41) is 12.7. The largest absolute Gasteiger partial charge is 0.461 e. The van der Waals surface area contributed by atoms with Gasteiger partial charge in [0.15, 0.2) is 5.65 Å². The van der Waals surface area contributed by atoms with E-state index in [0.29, 0.717) is 28.8 Å². The van der Waals surface area contributed by atoms with E-state index in [-0.39, 0.29) is 12.6 Å². The van der Waals surface area contributed by atoms with Gasteiger partial charge in [-0.15, -0.1) is 5.10 Å². The van der Waals surface area contributed by atoms with Gasteiger partial charge in [0.2, 0.25) is 0 Å². The Balaban J connectivity index is 1.53. The van der Waals surface area contributed by atoms with Gasteiger partial charge in [0.25, 0.3) is 5.56 Å². The minimum absolute atomic E-state index is 0.116. The molecule has 8 nitrogen and oxygen atoms in total. The fourth-order valence-electron chi connectivity index (χ4n) is 4.31. The Hall–Kier alpha value is -3.03. The molecule has 1 aliphatic rings. The predicted octanol–water partition coefficient (Wildman–Crippen LogP) is 2.98. The van der Waals surface area contributed by atoms with Gasteiger partial charge >= 0.3 is 5.97 Å². The number of ether oxygens (including phenoxy) is 1. The lowest BCUT2D eigenvalue weighted by Gasteiger charge is -2.36. The first kappa shape index (κ1) is 20.3. The van der Waals surface area contributed by atoms with Crippen molar-refractivity contribution in [2.45, 2.75) is 52.7 Å². The van der Waals surface area contributed by atoms with Crippen LogP contribution in [-0.4, -0.2) is 36.8 Å². The second kappa shape index (κ2) is 8.38. The number of para-hydroxylation sites is 1. The number of benzene rings is 1. The van der Waals surface area contributed by atoms with Crippen LogP contribution in [0.25, 0.3) is 16.7 Å². The van der Waals surface area contributed by atoms with Gasteiger partial charge in [-0.1, -0.05) is 50.6 Å². The Labute approximate surface area is 174 Å². The van der Waals surface area contributed by atoms with Crippen molar-refractivity contribution in [2.75, 3.05) is 0 Å². The predicted molar refractivity (Wildman–Crippen MR) is 112 cm³/mol. The normalized spacial score (nSPS) is 21.8. The summed E-state index contributed by atoms with van der Waals surface area (Å²) in [6.45, 7) is 6.26. The molecule has 0 radical (unpaired) electrons. The van der Waals surface area contributed by atoms with E-state index in [9.17, 15) is 9.59 Å². The maximum absolute atomic E-state index is 12.8. The lowest BCUT2D eigenvalue weighted by atomic mass is 9.75. The number of nitrogens with zero attached hydrogens (tertiary/aromatic N) is 5. The Morgan fingerprint density at radius 3 is 2.73 bits per heavy atom. The Morgan fingerprint density at radius 2 is 2.00 bits per heavy atom. The molecule has 0 unspecified atom stereocenters. The summed E-state index contributed by atoms with van der Waals surface area (Å²) >= 11 is 0. The van der Waals surface area contributed by atoms with Crippen molar-refractivity contribution in [2.24, 2.45) is 17.8 Å². The fourth-order valence-corrected chi connectivity index (χ4v) is 4.31. The molecule has 2 aromatic heterocycles. The molecule has 30 heavy (non-hydrogen) atoms. The van der Waals surface area contributed by atoms with Crippen molar-refractivity contribution in [3.8, 4) is 5.69 Å². The SMILES string of the molecule is CC(C)[C@@H]1CC[C@@H](C)C[C@H]1OC(=O)Cn1nnc2c(cnn2-c2ccccc2)c1=O. The van der Waals surface area contributed by atoms with Crippen LogP contribution in [0.15, 0.2) is 41.3 Å². The van der Waals surface area contributed by atoms with E-state index in [1.54, 1.807) is 4.68 Å². The van der Waals surface area contributed by atoms with Gasteiger partial charge < -0.3 is 4.74 Å². The molecule has 4 rings (SSSR count). The molecule has 3 aromatic rings. The van der Waals surface area contributed by atoms with Gasteiger partial charge in [-0.3, -0.25) is 9.59 Å². The third-order valence-electron chi connectivity index (χ3n) is 5.98. The van der Waals surface area contributed by atoms with Crippen molar-refractivity contribution in [3.63, 3.8) is 0 Å². The van der Waals surface area contributed by atoms with E-state index in [4.69, 9.17) is 4.74 Å². The smallest absolute Gasteiger partial charge is 0.328 e. The lowest BCUT2D eigenvalue weighted by Crippen LogP contribution is -2.37. The zero-order valence-electron chi connectivity index (χ0n) is 17.6. The molecule has 2 heterocycles. The van der Waals surface area contributed by atoms with E-state index < -0.39 is 11.5 Å². The Kier molecular flexibility index (Phi) is 5.65. The molecule has 8 heteroatoms. The van der Waals surface area contributed by atoms with Crippen molar-refractivity contribution >= 4 is 17.0 Å². The third-order valence-corrected chi connectivity index (χ3v) is 5.98. The van der Waals surface area contributed by atoms with E-state index in [1.165, 1.54) is 6.20 Å². The topological polar surface area (TPSA) is 91.9 Å².